The third kappa shape index (κ3) is 6.84. The number of thiazole rings is 1. The zero-order valence-corrected chi connectivity index (χ0v) is 30.8. The molecule has 0 fully saturated rings. The maximum Gasteiger partial charge on any atom is 0.338 e. The van der Waals surface area contributed by atoms with Crippen LogP contribution in [0.3, 0.4) is 0 Å². The first-order chi connectivity index (χ1) is 22.2. The summed E-state index contributed by atoms with van der Waals surface area (Å²) in [5, 5.41) is 1.06. The van der Waals surface area contributed by atoms with Crippen LogP contribution >= 0.6 is 79.7 Å². The van der Waals surface area contributed by atoms with Crippen molar-refractivity contribution in [2.24, 2.45) is 4.99 Å². The van der Waals surface area contributed by atoms with Crippen LogP contribution in [0, 0.1) is 7.14 Å². The molecule has 2 heterocycles. The van der Waals surface area contributed by atoms with Crippen LogP contribution in [0.1, 0.15) is 35.2 Å². The molecular formula is C35H24Cl2I2N2O4S. The minimum Gasteiger partial charge on any atom is -0.487 e. The van der Waals surface area contributed by atoms with Gasteiger partial charge in [-0.05, 0) is 88.0 Å². The van der Waals surface area contributed by atoms with Crippen LogP contribution in [0.25, 0.3) is 11.8 Å². The monoisotopic (exact) mass is 892 g/mol. The first-order valence-electron chi connectivity index (χ1n) is 14.1. The molecule has 6 rings (SSSR count). The number of benzene rings is 4. The lowest BCUT2D eigenvalue weighted by Gasteiger charge is -2.25. The Morgan fingerprint density at radius 2 is 1.72 bits per heavy atom. The van der Waals surface area contributed by atoms with Crippen molar-refractivity contribution in [2.45, 2.75) is 19.6 Å². The second-order valence-corrected chi connectivity index (χ2v) is 14.4. The Kier molecular flexibility index (Phi) is 10.3. The van der Waals surface area contributed by atoms with Crippen molar-refractivity contribution in [2.75, 3.05) is 6.61 Å². The number of nitrogens with zero attached hydrogens (tertiary/aromatic N) is 2. The number of hydrogen-bond donors (Lipinski definition) is 0. The average Bonchev–Trinajstić information content (AvgIpc) is 3.35. The largest absolute Gasteiger partial charge is 0.487 e. The van der Waals surface area contributed by atoms with Crippen molar-refractivity contribution >= 4 is 97.5 Å². The second kappa shape index (κ2) is 14.4. The number of esters is 1. The molecule has 0 bridgehead atoms. The summed E-state index contributed by atoms with van der Waals surface area (Å²) in [5.41, 5.74) is 3.57. The molecule has 1 aliphatic heterocycles. The van der Waals surface area contributed by atoms with E-state index in [0.29, 0.717) is 36.4 Å². The highest BCUT2D eigenvalue weighted by Gasteiger charge is 2.35. The van der Waals surface area contributed by atoms with E-state index in [1.807, 2.05) is 84.9 Å². The minimum atomic E-state index is -0.743. The van der Waals surface area contributed by atoms with E-state index in [0.717, 1.165) is 29.4 Å². The van der Waals surface area contributed by atoms with Gasteiger partial charge in [-0.1, -0.05) is 101 Å². The van der Waals surface area contributed by atoms with Gasteiger partial charge in [-0.15, -0.1) is 0 Å². The normalized spacial score (nSPS) is 14.5. The number of carbonyl (C=O) groups is 1. The van der Waals surface area contributed by atoms with Crippen LogP contribution < -0.4 is 19.6 Å². The fourth-order valence-corrected chi connectivity index (χ4v) is 8.66. The highest BCUT2D eigenvalue weighted by atomic mass is 127. The van der Waals surface area contributed by atoms with Crippen LogP contribution in [0.2, 0.25) is 10.0 Å². The first-order valence-corrected chi connectivity index (χ1v) is 17.9. The SMILES string of the molecule is CCOC(=O)C1=C(c2ccccc2)N=c2s/c(=C\c3cc(I)cc(I)c3OCc3ccc(Cl)cc3Cl)c(=O)n2[C@@H]1c1ccccc1. The Labute approximate surface area is 306 Å². The van der Waals surface area contributed by atoms with Crippen LogP contribution in [0.4, 0.5) is 0 Å². The molecule has 0 N–H and O–H groups in total. The van der Waals surface area contributed by atoms with Gasteiger partial charge < -0.3 is 9.47 Å². The zero-order chi connectivity index (χ0) is 32.4. The molecule has 6 nitrogen and oxygen atoms in total. The summed E-state index contributed by atoms with van der Waals surface area (Å²) >= 11 is 18.3. The summed E-state index contributed by atoms with van der Waals surface area (Å²) < 4.78 is 15.8. The van der Waals surface area contributed by atoms with Gasteiger partial charge in [0, 0.05) is 30.3 Å². The van der Waals surface area contributed by atoms with Crippen LogP contribution in [-0.4, -0.2) is 17.1 Å². The topological polar surface area (TPSA) is 69.9 Å². The summed E-state index contributed by atoms with van der Waals surface area (Å²) in [6.07, 6.45) is 1.82. The summed E-state index contributed by atoms with van der Waals surface area (Å²) in [5.74, 6) is 0.103. The number of ether oxygens (including phenoxy) is 2. The molecule has 1 aliphatic rings. The first kappa shape index (κ1) is 33.0. The lowest BCUT2D eigenvalue weighted by molar-refractivity contribution is -0.138. The molecule has 0 saturated carbocycles. The highest BCUT2D eigenvalue weighted by Crippen LogP contribution is 2.35. The Bertz CT molecular complexity index is 2170. The number of hydrogen-bond acceptors (Lipinski definition) is 6. The Morgan fingerprint density at radius 3 is 2.41 bits per heavy atom. The number of rotatable bonds is 8. The molecule has 0 unspecified atom stereocenters. The lowest BCUT2D eigenvalue weighted by atomic mass is 9.93. The smallest absolute Gasteiger partial charge is 0.338 e. The molecule has 232 valence electrons. The van der Waals surface area contributed by atoms with E-state index < -0.39 is 12.0 Å². The van der Waals surface area contributed by atoms with Gasteiger partial charge in [0.15, 0.2) is 4.80 Å². The predicted octanol–water partition coefficient (Wildman–Crippen LogP) is 8.03. The predicted molar refractivity (Wildman–Crippen MR) is 200 cm³/mol. The molecule has 0 amide bonds. The molecule has 0 aliphatic carbocycles. The van der Waals surface area contributed by atoms with Crippen LogP contribution in [0.5, 0.6) is 5.75 Å². The van der Waals surface area contributed by atoms with Gasteiger partial charge >= 0.3 is 5.97 Å². The van der Waals surface area contributed by atoms with E-state index in [1.165, 1.54) is 11.3 Å². The third-order valence-corrected chi connectivity index (χ3v) is 10.2. The molecular weight excluding hydrogens is 869 g/mol. The number of halogens is 4. The quantitative estimate of drug-likeness (QED) is 0.117. The summed E-state index contributed by atoms with van der Waals surface area (Å²) in [4.78, 5) is 33.4. The molecule has 0 radical (unpaired) electrons. The Balaban J connectivity index is 1.54. The average molecular weight is 893 g/mol. The second-order valence-electron chi connectivity index (χ2n) is 10.2. The van der Waals surface area contributed by atoms with Gasteiger partial charge in [-0.25, -0.2) is 9.79 Å². The molecule has 46 heavy (non-hydrogen) atoms. The van der Waals surface area contributed by atoms with Crippen LogP contribution in [-0.2, 0) is 16.1 Å². The maximum absolute atomic E-state index is 14.3. The van der Waals surface area contributed by atoms with Crippen molar-refractivity contribution in [3.8, 4) is 5.75 Å². The van der Waals surface area contributed by atoms with E-state index in [9.17, 15) is 9.59 Å². The fraction of sp³-hybridized carbons (Fsp3) is 0.114. The van der Waals surface area contributed by atoms with E-state index in [1.54, 1.807) is 23.6 Å². The van der Waals surface area contributed by atoms with Gasteiger partial charge in [0.25, 0.3) is 5.56 Å². The summed E-state index contributed by atoms with van der Waals surface area (Å²) in [6, 6.07) is 27.5. The molecule has 1 atom stereocenters. The van der Waals surface area contributed by atoms with E-state index >= 15 is 0 Å². The molecule has 1 aromatic heterocycles. The van der Waals surface area contributed by atoms with Crippen molar-refractivity contribution < 1.29 is 14.3 Å². The van der Waals surface area contributed by atoms with Gasteiger partial charge in [0.2, 0.25) is 0 Å². The van der Waals surface area contributed by atoms with Gasteiger partial charge in [-0.3, -0.25) is 9.36 Å². The Morgan fingerprint density at radius 1 is 1.00 bits per heavy atom. The number of aromatic nitrogens is 1. The molecule has 0 spiro atoms. The van der Waals surface area contributed by atoms with Gasteiger partial charge in [0.05, 0.1) is 32.0 Å². The van der Waals surface area contributed by atoms with E-state index in [-0.39, 0.29) is 18.8 Å². The summed E-state index contributed by atoms with van der Waals surface area (Å²) in [7, 11) is 0. The standard InChI is InChI=1S/C35H24Cl2I2N2O4S/c1-2-44-34(43)29-30(20-9-5-3-6-10-20)40-35-41(31(29)21-11-7-4-8-12-21)33(42)28(46-35)16-23-15-25(38)18-27(39)32(23)45-19-22-13-14-24(36)17-26(22)37/h3-18,31H,2,19H2,1H3/b28-16-/t31-/m1/s1. The van der Waals surface area contributed by atoms with Gasteiger partial charge in [0.1, 0.15) is 12.4 Å². The molecule has 0 saturated heterocycles. The van der Waals surface area contributed by atoms with E-state index in [2.05, 4.69) is 45.2 Å². The molecule has 11 heteroatoms. The van der Waals surface area contributed by atoms with Crippen molar-refractivity contribution in [3.63, 3.8) is 0 Å². The number of carbonyl (C=O) groups excluding carboxylic acids is 1. The molecule has 4 aromatic carbocycles. The summed E-state index contributed by atoms with van der Waals surface area (Å²) in [6.45, 7) is 2.16. The van der Waals surface area contributed by atoms with Crippen LogP contribution in [0.15, 0.2) is 106 Å². The zero-order valence-electron chi connectivity index (χ0n) is 24.2. The van der Waals surface area contributed by atoms with Gasteiger partial charge in [-0.2, -0.15) is 0 Å². The maximum atomic E-state index is 14.3. The fourth-order valence-electron chi connectivity index (χ4n) is 5.16. The van der Waals surface area contributed by atoms with Crippen molar-refractivity contribution in [3.05, 3.63) is 156 Å². The minimum absolute atomic E-state index is 0.186. The van der Waals surface area contributed by atoms with Crippen molar-refractivity contribution in [1.29, 1.82) is 0 Å². The lowest BCUT2D eigenvalue weighted by Crippen LogP contribution is -2.40. The Hall–Kier alpha value is -2.97. The molecule has 5 aromatic rings. The third-order valence-electron chi connectivity index (χ3n) is 7.20. The van der Waals surface area contributed by atoms with E-state index in [4.69, 9.17) is 37.7 Å². The van der Waals surface area contributed by atoms with Crippen molar-refractivity contribution in [1.82, 2.24) is 4.57 Å². The highest BCUT2D eigenvalue weighted by molar-refractivity contribution is 14.1. The number of fused-ring (bicyclic) bond motifs is 1.